The number of anilines is 1. The maximum atomic E-state index is 12.6. The van der Waals surface area contributed by atoms with Gasteiger partial charge in [0.25, 0.3) is 11.8 Å². The van der Waals surface area contributed by atoms with Gasteiger partial charge in [-0.15, -0.1) is 0 Å². The van der Waals surface area contributed by atoms with Crippen LogP contribution >= 0.6 is 0 Å². The number of esters is 1. The quantitative estimate of drug-likeness (QED) is 0.494. The van der Waals surface area contributed by atoms with Crippen LogP contribution in [0.1, 0.15) is 42.6 Å². The van der Waals surface area contributed by atoms with E-state index in [-0.39, 0.29) is 25.1 Å². The molecule has 164 valence electrons. The Hall–Kier alpha value is -3.35. The van der Waals surface area contributed by atoms with Crippen molar-refractivity contribution in [2.45, 2.75) is 39.2 Å². The van der Waals surface area contributed by atoms with Gasteiger partial charge in [-0.3, -0.25) is 14.4 Å². The van der Waals surface area contributed by atoms with Crippen LogP contribution in [0.5, 0.6) is 5.75 Å². The van der Waals surface area contributed by atoms with Crippen molar-refractivity contribution in [3.8, 4) is 5.75 Å². The number of fused-ring (bicyclic) bond motifs is 1. The zero-order chi connectivity index (χ0) is 22.2. The van der Waals surface area contributed by atoms with Gasteiger partial charge in [0.1, 0.15) is 12.3 Å². The minimum absolute atomic E-state index is 0.0113. The van der Waals surface area contributed by atoms with Crippen LogP contribution in [0.4, 0.5) is 5.69 Å². The van der Waals surface area contributed by atoms with Crippen molar-refractivity contribution in [1.82, 2.24) is 5.32 Å². The van der Waals surface area contributed by atoms with E-state index in [0.29, 0.717) is 17.9 Å². The van der Waals surface area contributed by atoms with E-state index in [2.05, 4.69) is 12.2 Å². The number of carbonyl (C=O) groups excluding carboxylic acids is 3. The summed E-state index contributed by atoms with van der Waals surface area (Å²) in [7, 11) is 0. The first kappa shape index (κ1) is 22.3. The van der Waals surface area contributed by atoms with Crippen LogP contribution in [-0.2, 0) is 20.7 Å². The first-order valence-corrected chi connectivity index (χ1v) is 10.6. The van der Waals surface area contributed by atoms with Gasteiger partial charge in [-0.1, -0.05) is 31.5 Å². The van der Waals surface area contributed by atoms with E-state index >= 15 is 0 Å². The second kappa shape index (κ2) is 10.6. The molecule has 1 heterocycles. The van der Waals surface area contributed by atoms with Gasteiger partial charge in [-0.25, -0.2) is 0 Å². The molecule has 3 rings (SSSR count). The first-order valence-electron chi connectivity index (χ1n) is 10.6. The van der Waals surface area contributed by atoms with E-state index in [1.165, 1.54) is 0 Å². The molecular weight excluding hydrogens is 396 g/mol. The molecule has 0 saturated heterocycles. The molecule has 0 spiro atoms. The average Bonchev–Trinajstić information content (AvgIpc) is 3.12. The summed E-state index contributed by atoms with van der Waals surface area (Å²) < 4.78 is 10.6. The second-order valence-electron chi connectivity index (χ2n) is 7.52. The maximum absolute atomic E-state index is 12.6. The number of nitrogens with one attached hydrogen (secondary N) is 1. The van der Waals surface area contributed by atoms with Crippen LogP contribution in [0.15, 0.2) is 48.5 Å². The highest BCUT2D eigenvalue weighted by Gasteiger charge is 2.30. The molecule has 7 nitrogen and oxygen atoms in total. The molecule has 0 aromatic heterocycles. The lowest BCUT2D eigenvalue weighted by atomic mass is 10.1. The van der Waals surface area contributed by atoms with Gasteiger partial charge < -0.3 is 19.7 Å². The summed E-state index contributed by atoms with van der Waals surface area (Å²) in [5, 5.41) is 2.51. The van der Waals surface area contributed by atoms with Crippen molar-refractivity contribution >= 4 is 23.5 Å². The normalized spacial score (nSPS) is 14.6. The molecule has 0 fully saturated rings. The Balaban J connectivity index is 1.43. The molecule has 0 radical (unpaired) electrons. The van der Waals surface area contributed by atoms with Crippen LogP contribution in [0, 0.1) is 0 Å². The highest BCUT2D eigenvalue weighted by molar-refractivity contribution is 5.98. The van der Waals surface area contributed by atoms with Gasteiger partial charge in [0.05, 0.1) is 6.61 Å². The molecule has 1 N–H and O–H groups in total. The molecule has 7 heteroatoms. The number of ether oxygens (including phenoxy) is 2. The largest absolute Gasteiger partial charge is 0.494 e. The molecular formula is C24H28N2O5. The monoisotopic (exact) mass is 424 g/mol. The van der Waals surface area contributed by atoms with Crippen molar-refractivity contribution in [2.75, 3.05) is 24.7 Å². The summed E-state index contributed by atoms with van der Waals surface area (Å²) in [5.74, 6) is -0.650. The minimum Gasteiger partial charge on any atom is -0.494 e. The van der Waals surface area contributed by atoms with Crippen molar-refractivity contribution < 1.29 is 23.9 Å². The topological polar surface area (TPSA) is 84.9 Å². The third-order valence-corrected chi connectivity index (χ3v) is 5.11. The van der Waals surface area contributed by atoms with Crippen molar-refractivity contribution in [3.63, 3.8) is 0 Å². The van der Waals surface area contributed by atoms with Crippen molar-refractivity contribution in [2.24, 2.45) is 0 Å². The highest BCUT2D eigenvalue weighted by Crippen LogP contribution is 2.31. The average molecular weight is 424 g/mol. The Morgan fingerprint density at radius 2 is 1.84 bits per heavy atom. The number of nitrogens with zero attached hydrogens (tertiary/aromatic N) is 1. The van der Waals surface area contributed by atoms with Crippen molar-refractivity contribution in [3.05, 3.63) is 59.7 Å². The van der Waals surface area contributed by atoms with E-state index in [4.69, 9.17) is 9.47 Å². The predicted molar refractivity (Wildman–Crippen MR) is 117 cm³/mol. The van der Waals surface area contributed by atoms with Crippen LogP contribution < -0.4 is 15.0 Å². The van der Waals surface area contributed by atoms with Gasteiger partial charge in [-0.2, -0.15) is 0 Å². The number of hydrogen-bond acceptors (Lipinski definition) is 5. The summed E-state index contributed by atoms with van der Waals surface area (Å²) in [6.07, 6.45) is 2.79. The third kappa shape index (κ3) is 5.84. The Labute approximate surface area is 182 Å². The zero-order valence-electron chi connectivity index (χ0n) is 17.9. The standard InChI is InChI=1S/C24H28N2O5/c1-3-4-13-30-20-11-9-18(10-12-20)24(29)25-15-23(28)31-16-22(27)26-17(2)14-19-7-5-6-8-21(19)26/h5-12,17H,3-4,13-16H2,1-2H3,(H,25,29)/t17-/m0/s1. The van der Waals surface area contributed by atoms with E-state index in [9.17, 15) is 14.4 Å². The summed E-state index contributed by atoms with van der Waals surface area (Å²) in [4.78, 5) is 38.4. The molecule has 0 unspecified atom stereocenters. The number of para-hydroxylation sites is 1. The van der Waals surface area contributed by atoms with Gasteiger partial charge >= 0.3 is 5.97 Å². The van der Waals surface area contributed by atoms with Gasteiger partial charge in [-0.05, 0) is 55.7 Å². The molecule has 2 aromatic rings. The number of carbonyl (C=O) groups is 3. The Bertz CT molecular complexity index is 926. The zero-order valence-corrected chi connectivity index (χ0v) is 17.9. The number of hydrogen-bond donors (Lipinski definition) is 1. The lowest BCUT2D eigenvalue weighted by molar-refractivity contribution is -0.146. The highest BCUT2D eigenvalue weighted by atomic mass is 16.5. The smallest absolute Gasteiger partial charge is 0.325 e. The van der Waals surface area contributed by atoms with Gasteiger partial charge in [0.15, 0.2) is 6.61 Å². The maximum Gasteiger partial charge on any atom is 0.325 e. The van der Waals surface area contributed by atoms with Crippen molar-refractivity contribution in [1.29, 1.82) is 0 Å². The fourth-order valence-corrected chi connectivity index (χ4v) is 3.50. The number of rotatable bonds is 9. The lowest BCUT2D eigenvalue weighted by Crippen LogP contribution is -2.39. The summed E-state index contributed by atoms with van der Waals surface area (Å²) in [5.41, 5.74) is 2.37. The fraction of sp³-hybridized carbons (Fsp3) is 0.375. The van der Waals surface area contributed by atoms with E-state index in [1.54, 1.807) is 29.2 Å². The molecule has 0 saturated carbocycles. The molecule has 2 amide bonds. The van der Waals surface area contributed by atoms with Crippen LogP contribution in [0.2, 0.25) is 0 Å². The molecule has 1 aliphatic heterocycles. The molecule has 0 bridgehead atoms. The Morgan fingerprint density at radius 3 is 2.58 bits per heavy atom. The molecule has 31 heavy (non-hydrogen) atoms. The Morgan fingerprint density at radius 1 is 1.10 bits per heavy atom. The van der Waals surface area contributed by atoms with E-state index in [1.807, 2.05) is 31.2 Å². The van der Waals surface area contributed by atoms with Crippen LogP contribution in [0.3, 0.4) is 0 Å². The second-order valence-corrected chi connectivity index (χ2v) is 7.52. The SMILES string of the molecule is CCCCOc1ccc(C(=O)NCC(=O)OCC(=O)N2c3ccccc3C[C@@H]2C)cc1. The summed E-state index contributed by atoms with van der Waals surface area (Å²) in [6, 6.07) is 14.4. The predicted octanol–water partition coefficient (Wildman–Crippen LogP) is 3.12. The third-order valence-electron chi connectivity index (χ3n) is 5.11. The number of unbranched alkanes of at least 4 members (excludes halogenated alkanes) is 1. The molecule has 1 atom stereocenters. The number of amides is 2. The molecule has 0 aliphatic carbocycles. The molecule has 2 aromatic carbocycles. The Kier molecular flexibility index (Phi) is 7.65. The first-order chi connectivity index (χ1) is 15.0. The van der Waals surface area contributed by atoms with Crippen LogP contribution in [-0.4, -0.2) is 43.6 Å². The van der Waals surface area contributed by atoms with Gasteiger partial charge in [0.2, 0.25) is 0 Å². The minimum atomic E-state index is -0.665. The van der Waals surface area contributed by atoms with Gasteiger partial charge in [0, 0.05) is 17.3 Å². The summed E-state index contributed by atoms with van der Waals surface area (Å²) >= 11 is 0. The molecule has 1 aliphatic rings. The van der Waals surface area contributed by atoms with E-state index < -0.39 is 11.9 Å². The number of benzene rings is 2. The summed E-state index contributed by atoms with van der Waals surface area (Å²) in [6.45, 7) is 4.00. The fourth-order valence-electron chi connectivity index (χ4n) is 3.50. The lowest BCUT2D eigenvalue weighted by Gasteiger charge is -2.22. The van der Waals surface area contributed by atoms with Crippen LogP contribution in [0.25, 0.3) is 0 Å². The van der Waals surface area contributed by atoms with E-state index in [0.717, 1.165) is 30.5 Å².